The number of carboxylic acids is 1. The Bertz CT molecular complexity index is 921. The molecule has 3 aromatic rings. The molecule has 130 valence electrons. The van der Waals surface area contributed by atoms with Crippen molar-refractivity contribution >= 4 is 17.6 Å². The van der Waals surface area contributed by atoms with E-state index in [1.807, 2.05) is 17.8 Å². The third-order valence-corrected chi connectivity index (χ3v) is 3.52. The first-order valence-electron chi connectivity index (χ1n) is 7.58. The van der Waals surface area contributed by atoms with Crippen molar-refractivity contribution in [3.05, 3.63) is 47.8 Å². The van der Waals surface area contributed by atoms with E-state index in [0.717, 1.165) is 12.1 Å². The lowest BCUT2D eigenvalue weighted by molar-refractivity contribution is 0.0692. The molecule has 10 heteroatoms. The summed E-state index contributed by atoms with van der Waals surface area (Å²) in [5.41, 5.74) is 1.14. The molecule has 0 saturated heterocycles. The number of amides is 1. The van der Waals surface area contributed by atoms with Gasteiger partial charge in [0.1, 0.15) is 5.56 Å². The molecule has 0 fully saturated rings. The molecule has 25 heavy (non-hydrogen) atoms. The Morgan fingerprint density at radius 1 is 1.16 bits per heavy atom. The van der Waals surface area contributed by atoms with Gasteiger partial charge in [0.25, 0.3) is 5.91 Å². The fourth-order valence-electron chi connectivity index (χ4n) is 2.37. The molecule has 2 N–H and O–H groups in total. The summed E-state index contributed by atoms with van der Waals surface area (Å²) in [6.07, 6.45) is 8.12. The van der Waals surface area contributed by atoms with Crippen molar-refractivity contribution in [2.45, 2.75) is 20.0 Å². The third kappa shape index (κ3) is 3.57. The number of hydrogen-bond donors (Lipinski definition) is 2. The Hall–Kier alpha value is -3.43. The highest BCUT2D eigenvalue weighted by Gasteiger charge is 2.21. The van der Waals surface area contributed by atoms with Crippen LogP contribution in [-0.4, -0.2) is 46.3 Å². The first-order valence-corrected chi connectivity index (χ1v) is 7.58. The Balaban J connectivity index is 1.70. The molecule has 0 radical (unpaired) electrons. The lowest BCUT2D eigenvalue weighted by Gasteiger charge is -2.00. The molecule has 0 aliphatic rings. The van der Waals surface area contributed by atoms with E-state index in [1.54, 1.807) is 24.1 Å². The lowest BCUT2D eigenvalue weighted by atomic mass is 10.2. The maximum Gasteiger partial charge on any atom is 0.339 e. The van der Waals surface area contributed by atoms with E-state index in [9.17, 15) is 9.59 Å². The molecule has 0 aromatic carbocycles. The van der Waals surface area contributed by atoms with E-state index in [-0.39, 0.29) is 11.3 Å². The van der Waals surface area contributed by atoms with E-state index < -0.39 is 11.9 Å². The SMILES string of the molecule is CCn1cc(Cn2cc(NC(=O)c3nn(C)cc3C(=O)O)cn2)cn1. The number of anilines is 1. The Morgan fingerprint density at radius 3 is 2.60 bits per heavy atom. The molecule has 0 spiro atoms. The van der Waals surface area contributed by atoms with Crippen molar-refractivity contribution < 1.29 is 14.7 Å². The average Bonchev–Trinajstić information content (AvgIpc) is 3.28. The number of nitrogens with one attached hydrogen (secondary N) is 1. The number of aryl methyl sites for hydroxylation is 2. The van der Waals surface area contributed by atoms with Crippen LogP contribution in [0.3, 0.4) is 0 Å². The topological polar surface area (TPSA) is 120 Å². The van der Waals surface area contributed by atoms with Gasteiger partial charge in [0, 0.05) is 37.7 Å². The quantitative estimate of drug-likeness (QED) is 0.684. The predicted octanol–water partition coefficient (Wildman–Crippen LogP) is 0.832. The fraction of sp³-hybridized carbons (Fsp3) is 0.267. The Kier molecular flexibility index (Phi) is 4.33. The molecule has 0 unspecified atom stereocenters. The average molecular weight is 343 g/mol. The molecule has 1 amide bonds. The number of carbonyl (C=O) groups is 2. The van der Waals surface area contributed by atoms with Crippen LogP contribution >= 0.6 is 0 Å². The second-order valence-corrected chi connectivity index (χ2v) is 5.46. The van der Waals surface area contributed by atoms with Crippen molar-refractivity contribution in [3.63, 3.8) is 0 Å². The molecule has 0 saturated carbocycles. The summed E-state index contributed by atoms with van der Waals surface area (Å²) < 4.78 is 4.76. The molecule has 0 bridgehead atoms. The molecule has 0 aliphatic carbocycles. The Labute approximate surface area is 142 Å². The van der Waals surface area contributed by atoms with Gasteiger partial charge in [0.2, 0.25) is 0 Å². The van der Waals surface area contributed by atoms with Crippen molar-refractivity contribution in [3.8, 4) is 0 Å². The molecular formula is C15H17N7O3. The maximum absolute atomic E-state index is 12.3. The maximum atomic E-state index is 12.3. The smallest absolute Gasteiger partial charge is 0.339 e. The van der Waals surface area contributed by atoms with Gasteiger partial charge in [-0.2, -0.15) is 15.3 Å². The number of aromatic carboxylic acids is 1. The number of aromatic nitrogens is 6. The summed E-state index contributed by atoms with van der Waals surface area (Å²) in [7, 11) is 1.55. The second-order valence-electron chi connectivity index (χ2n) is 5.46. The van der Waals surface area contributed by atoms with Gasteiger partial charge in [0.05, 0.1) is 24.6 Å². The van der Waals surface area contributed by atoms with Crippen LogP contribution in [0.25, 0.3) is 0 Å². The van der Waals surface area contributed by atoms with E-state index in [2.05, 4.69) is 20.6 Å². The van der Waals surface area contributed by atoms with Crippen molar-refractivity contribution in [1.82, 2.24) is 29.3 Å². The standard InChI is InChI=1S/C15H17N7O3/c1-3-21-6-10(4-16-21)7-22-8-11(5-17-22)18-14(23)13-12(15(24)25)9-20(2)19-13/h4-6,8-9H,3,7H2,1-2H3,(H,18,23)(H,24,25). The Morgan fingerprint density at radius 2 is 1.92 bits per heavy atom. The minimum Gasteiger partial charge on any atom is -0.478 e. The van der Waals surface area contributed by atoms with Crippen LogP contribution in [0.15, 0.2) is 31.0 Å². The lowest BCUT2D eigenvalue weighted by Crippen LogP contribution is -2.16. The van der Waals surface area contributed by atoms with Crippen molar-refractivity contribution in [2.75, 3.05) is 5.32 Å². The van der Waals surface area contributed by atoms with Crippen LogP contribution in [-0.2, 0) is 20.1 Å². The van der Waals surface area contributed by atoms with Gasteiger partial charge in [-0.1, -0.05) is 0 Å². The fourth-order valence-corrected chi connectivity index (χ4v) is 2.37. The van der Waals surface area contributed by atoms with Crippen LogP contribution in [0.1, 0.15) is 33.3 Å². The molecule has 3 heterocycles. The number of rotatable bonds is 6. The van der Waals surface area contributed by atoms with Gasteiger partial charge in [-0.05, 0) is 6.92 Å². The predicted molar refractivity (Wildman–Crippen MR) is 87.4 cm³/mol. The van der Waals surface area contributed by atoms with E-state index in [1.165, 1.54) is 17.1 Å². The highest BCUT2D eigenvalue weighted by Crippen LogP contribution is 2.12. The van der Waals surface area contributed by atoms with Crippen LogP contribution < -0.4 is 5.32 Å². The highest BCUT2D eigenvalue weighted by atomic mass is 16.4. The molecule has 0 atom stereocenters. The highest BCUT2D eigenvalue weighted by molar-refractivity contribution is 6.09. The van der Waals surface area contributed by atoms with Crippen molar-refractivity contribution in [1.29, 1.82) is 0 Å². The van der Waals surface area contributed by atoms with Crippen LogP contribution in [0.2, 0.25) is 0 Å². The summed E-state index contributed by atoms with van der Waals surface area (Å²) in [4.78, 5) is 23.4. The molecular weight excluding hydrogens is 326 g/mol. The minimum atomic E-state index is -1.21. The zero-order valence-electron chi connectivity index (χ0n) is 13.7. The number of carboxylic acid groups (broad SMARTS) is 1. The summed E-state index contributed by atoms with van der Waals surface area (Å²) in [6, 6.07) is 0. The monoisotopic (exact) mass is 343 g/mol. The first-order chi connectivity index (χ1) is 12.0. The van der Waals surface area contributed by atoms with E-state index in [0.29, 0.717) is 12.2 Å². The number of hydrogen-bond acceptors (Lipinski definition) is 5. The van der Waals surface area contributed by atoms with Gasteiger partial charge in [-0.25, -0.2) is 4.79 Å². The van der Waals surface area contributed by atoms with Crippen molar-refractivity contribution in [2.24, 2.45) is 7.05 Å². The number of nitrogens with zero attached hydrogens (tertiary/aromatic N) is 6. The van der Waals surface area contributed by atoms with Gasteiger partial charge >= 0.3 is 5.97 Å². The minimum absolute atomic E-state index is 0.146. The molecule has 3 rings (SSSR count). The number of carbonyl (C=O) groups excluding carboxylic acids is 1. The van der Waals surface area contributed by atoms with Crippen LogP contribution in [0.4, 0.5) is 5.69 Å². The normalized spacial score (nSPS) is 10.8. The second kappa shape index (κ2) is 6.59. The molecule has 0 aliphatic heterocycles. The van der Waals surface area contributed by atoms with Gasteiger partial charge in [-0.15, -0.1) is 0 Å². The van der Waals surface area contributed by atoms with Gasteiger partial charge < -0.3 is 10.4 Å². The summed E-state index contributed by atoms with van der Waals surface area (Å²) in [6.45, 7) is 3.30. The van der Waals surface area contributed by atoms with Gasteiger partial charge in [0.15, 0.2) is 5.69 Å². The van der Waals surface area contributed by atoms with Crippen LogP contribution in [0.5, 0.6) is 0 Å². The molecule has 3 aromatic heterocycles. The molecule has 10 nitrogen and oxygen atoms in total. The first kappa shape index (κ1) is 16.4. The third-order valence-electron chi connectivity index (χ3n) is 3.52. The van der Waals surface area contributed by atoms with E-state index >= 15 is 0 Å². The zero-order valence-corrected chi connectivity index (χ0v) is 13.7. The summed E-state index contributed by atoms with van der Waals surface area (Å²) in [5.74, 6) is -1.81. The van der Waals surface area contributed by atoms with Gasteiger partial charge in [-0.3, -0.25) is 18.8 Å². The van der Waals surface area contributed by atoms with Crippen LogP contribution in [0, 0.1) is 0 Å². The summed E-state index contributed by atoms with van der Waals surface area (Å²) in [5, 5.41) is 24.0. The zero-order chi connectivity index (χ0) is 18.0. The summed E-state index contributed by atoms with van der Waals surface area (Å²) >= 11 is 0. The largest absolute Gasteiger partial charge is 0.478 e. The van der Waals surface area contributed by atoms with E-state index in [4.69, 9.17) is 5.11 Å².